The third-order valence-corrected chi connectivity index (χ3v) is 5.19. The van der Waals surface area contributed by atoms with E-state index >= 15 is 0 Å². The van der Waals surface area contributed by atoms with Crippen LogP contribution >= 0.6 is 23.4 Å². The van der Waals surface area contributed by atoms with Gasteiger partial charge in [0.2, 0.25) is 0 Å². The van der Waals surface area contributed by atoms with E-state index in [9.17, 15) is 4.79 Å². The molecule has 0 aromatic heterocycles. The molecule has 2 fully saturated rings. The van der Waals surface area contributed by atoms with Crippen molar-refractivity contribution in [3.05, 3.63) is 23.2 Å². The Labute approximate surface area is 134 Å². The van der Waals surface area contributed by atoms with Gasteiger partial charge in [0.05, 0.1) is 10.7 Å². The van der Waals surface area contributed by atoms with Crippen molar-refractivity contribution in [3.63, 3.8) is 0 Å². The van der Waals surface area contributed by atoms with E-state index in [0.29, 0.717) is 5.02 Å². The summed E-state index contributed by atoms with van der Waals surface area (Å²) in [6, 6.07) is 5.78. The van der Waals surface area contributed by atoms with Crippen molar-refractivity contribution in [1.82, 2.24) is 4.90 Å². The molecule has 0 radical (unpaired) electrons. The average Bonchev–Trinajstić information content (AvgIpc) is 3.02. The van der Waals surface area contributed by atoms with Crippen LogP contribution in [0.15, 0.2) is 18.2 Å². The van der Waals surface area contributed by atoms with Gasteiger partial charge < -0.3 is 15.1 Å². The Balaban J connectivity index is 1.67. The number of carbonyl (C=O) groups excluding carboxylic acids is 1. The highest BCUT2D eigenvalue weighted by Crippen LogP contribution is 2.30. The fourth-order valence-corrected chi connectivity index (χ4v) is 3.97. The van der Waals surface area contributed by atoms with E-state index in [1.165, 1.54) is 0 Å². The number of nitrogens with one attached hydrogen (secondary N) is 1. The summed E-state index contributed by atoms with van der Waals surface area (Å²) in [5, 5.41) is 3.64. The van der Waals surface area contributed by atoms with Gasteiger partial charge in [0.1, 0.15) is 0 Å². The molecule has 1 aromatic carbocycles. The first-order chi connectivity index (χ1) is 10.2. The standard InChI is InChI=1S/C15H20ClN3OS/c16-13-11-12(17-15(20)19-5-1-2-6-19)3-4-14(13)18-7-9-21-10-8-18/h3-4,11H,1-2,5-10H2,(H,17,20). The second-order valence-electron chi connectivity index (χ2n) is 5.39. The van der Waals surface area contributed by atoms with E-state index in [2.05, 4.69) is 10.2 Å². The maximum Gasteiger partial charge on any atom is 0.321 e. The molecular formula is C15H20ClN3OS. The molecule has 2 amide bonds. The summed E-state index contributed by atoms with van der Waals surface area (Å²) >= 11 is 8.37. The summed E-state index contributed by atoms with van der Waals surface area (Å²) in [6.45, 7) is 3.76. The lowest BCUT2D eigenvalue weighted by Crippen LogP contribution is -2.33. The highest BCUT2D eigenvalue weighted by molar-refractivity contribution is 7.99. The fraction of sp³-hybridized carbons (Fsp3) is 0.533. The van der Waals surface area contributed by atoms with E-state index in [-0.39, 0.29) is 6.03 Å². The van der Waals surface area contributed by atoms with Gasteiger partial charge in [0.25, 0.3) is 0 Å². The van der Waals surface area contributed by atoms with Crippen molar-refractivity contribution in [3.8, 4) is 0 Å². The Kier molecular flexibility index (Phi) is 4.80. The number of hydrogen-bond donors (Lipinski definition) is 1. The lowest BCUT2D eigenvalue weighted by Gasteiger charge is -2.29. The quantitative estimate of drug-likeness (QED) is 0.903. The van der Waals surface area contributed by atoms with Crippen LogP contribution in [0.5, 0.6) is 0 Å². The zero-order valence-electron chi connectivity index (χ0n) is 12.0. The summed E-state index contributed by atoms with van der Waals surface area (Å²) in [6.07, 6.45) is 2.19. The van der Waals surface area contributed by atoms with Crippen LogP contribution in [0.1, 0.15) is 12.8 Å². The van der Waals surface area contributed by atoms with Crippen LogP contribution < -0.4 is 10.2 Å². The van der Waals surface area contributed by atoms with Crippen LogP contribution in [-0.2, 0) is 0 Å². The van der Waals surface area contributed by atoms with Gasteiger partial charge >= 0.3 is 6.03 Å². The number of halogens is 1. The molecule has 3 rings (SSSR count). The zero-order valence-corrected chi connectivity index (χ0v) is 13.6. The Morgan fingerprint density at radius 2 is 1.86 bits per heavy atom. The van der Waals surface area contributed by atoms with Crippen molar-refractivity contribution in [2.45, 2.75) is 12.8 Å². The molecule has 2 saturated heterocycles. The Morgan fingerprint density at radius 1 is 1.14 bits per heavy atom. The van der Waals surface area contributed by atoms with Crippen LogP contribution in [0.4, 0.5) is 16.2 Å². The van der Waals surface area contributed by atoms with E-state index < -0.39 is 0 Å². The van der Waals surface area contributed by atoms with E-state index in [0.717, 1.165) is 61.9 Å². The van der Waals surface area contributed by atoms with Crippen molar-refractivity contribution in [2.24, 2.45) is 0 Å². The summed E-state index contributed by atoms with van der Waals surface area (Å²) in [7, 11) is 0. The lowest BCUT2D eigenvalue weighted by atomic mass is 10.2. The first kappa shape index (κ1) is 14.9. The molecule has 0 saturated carbocycles. The summed E-state index contributed by atoms with van der Waals surface area (Å²) in [5.41, 5.74) is 1.84. The van der Waals surface area contributed by atoms with E-state index in [4.69, 9.17) is 11.6 Å². The van der Waals surface area contributed by atoms with Gasteiger partial charge in [-0.2, -0.15) is 11.8 Å². The number of carbonyl (C=O) groups is 1. The van der Waals surface area contributed by atoms with Gasteiger partial charge in [-0.1, -0.05) is 11.6 Å². The lowest BCUT2D eigenvalue weighted by molar-refractivity contribution is 0.222. The van der Waals surface area contributed by atoms with Crippen LogP contribution in [-0.4, -0.2) is 48.6 Å². The van der Waals surface area contributed by atoms with E-state index in [1.807, 2.05) is 34.9 Å². The molecule has 0 atom stereocenters. The molecule has 1 N–H and O–H groups in total. The minimum absolute atomic E-state index is 0.0225. The van der Waals surface area contributed by atoms with Crippen molar-refractivity contribution >= 4 is 40.8 Å². The first-order valence-electron chi connectivity index (χ1n) is 7.42. The Bertz CT molecular complexity index is 514. The number of benzene rings is 1. The zero-order chi connectivity index (χ0) is 14.7. The number of nitrogens with zero attached hydrogens (tertiary/aromatic N) is 2. The van der Waals surface area contributed by atoms with Crippen LogP contribution in [0, 0.1) is 0 Å². The molecule has 21 heavy (non-hydrogen) atoms. The number of likely N-dealkylation sites (tertiary alicyclic amines) is 1. The van der Waals surface area contributed by atoms with Crippen molar-refractivity contribution < 1.29 is 4.79 Å². The number of hydrogen-bond acceptors (Lipinski definition) is 3. The number of amides is 2. The van der Waals surface area contributed by atoms with Crippen LogP contribution in [0.25, 0.3) is 0 Å². The predicted octanol–water partition coefficient (Wildman–Crippen LogP) is 3.52. The average molecular weight is 326 g/mol. The van der Waals surface area contributed by atoms with Gasteiger partial charge in [0, 0.05) is 43.4 Å². The maximum absolute atomic E-state index is 12.1. The van der Waals surface area contributed by atoms with Crippen molar-refractivity contribution in [1.29, 1.82) is 0 Å². The van der Waals surface area contributed by atoms with E-state index in [1.54, 1.807) is 0 Å². The highest BCUT2D eigenvalue weighted by atomic mass is 35.5. The maximum atomic E-state index is 12.1. The molecule has 2 aliphatic rings. The topological polar surface area (TPSA) is 35.6 Å². The molecule has 1 aromatic rings. The predicted molar refractivity (Wildman–Crippen MR) is 90.8 cm³/mol. The normalized spacial score (nSPS) is 18.9. The third-order valence-electron chi connectivity index (χ3n) is 3.94. The minimum Gasteiger partial charge on any atom is -0.369 e. The second kappa shape index (κ2) is 6.79. The minimum atomic E-state index is -0.0225. The molecular weight excluding hydrogens is 306 g/mol. The molecule has 4 nitrogen and oxygen atoms in total. The summed E-state index contributed by atoms with van der Waals surface area (Å²) in [5.74, 6) is 2.29. The van der Waals surface area contributed by atoms with Gasteiger partial charge in [-0.3, -0.25) is 0 Å². The molecule has 0 spiro atoms. The van der Waals surface area contributed by atoms with Crippen molar-refractivity contribution in [2.75, 3.05) is 47.9 Å². The number of thioether (sulfide) groups is 1. The monoisotopic (exact) mass is 325 g/mol. The third kappa shape index (κ3) is 3.58. The molecule has 114 valence electrons. The van der Waals surface area contributed by atoms with Gasteiger partial charge in [0.15, 0.2) is 0 Å². The summed E-state index contributed by atoms with van der Waals surface area (Å²) in [4.78, 5) is 16.2. The fourth-order valence-electron chi connectivity index (χ4n) is 2.77. The second-order valence-corrected chi connectivity index (χ2v) is 7.02. The van der Waals surface area contributed by atoms with Gasteiger partial charge in [-0.25, -0.2) is 4.79 Å². The molecule has 0 unspecified atom stereocenters. The van der Waals surface area contributed by atoms with Crippen LogP contribution in [0.2, 0.25) is 5.02 Å². The molecule has 2 heterocycles. The molecule has 2 aliphatic heterocycles. The summed E-state index contributed by atoms with van der Waals surface area (Å²) < 4.78 is 0. The first-order valence-corrected chi connectivity index (χ1v) is 8.95. The SMILES string of the molecule is O=C(Nc1ccc(N2CCSCC2)c(Cl)c1)N1CCCC1. The molecule has 0 bridgehead atoms. The van der Waals surface area contributed by atoms with Gasteiger partial charge in [-0.15, -0.1) is 0 Å². The number of anilines is 2. The van der Waals surface area contributed by atoms with Crippen LogP contribution in [0.3, 0.4) is 0 Å². The number of rotatable bonds is 2. The van der Waals surface area contributed by atoms with Gasteiger partial charge in [-0.05, 0) is 31.0 Å². The largest absolute Gasteiger partial charge is 0.369 e. The molecule has 0 aliphatic carbocycles. The Hall–Kier alpha value is -1.07. The number of urea groups is 1. The Morgan fingerprint density at radius 3 is 2.52 bits per heavy atom. The molecule has 6 heteroatoms. The highest BCUT2D eigenvalue weighted by Gasteiger charge is 2.19. The smallest absolute Gasteiger partial charge is 0.321 e.